The number of nitrogens with one attached hydrogen (secondary N) is 1. The summed E-state index contributed by atoms with van der Waals surface area (Å²) in [6, 6.07) is 13.1. The first-order chi connectivity index (χ1) is 10.6. The molecule has 0 aliphatic rings. The quantitative estimate of drug-likeness (QED) is 0.884. The fourth-order valence-corrected chi connectivity index (χ4v) is 1.99. The highest BCUT2D eigenvalue weighted by Crippen LogP contribution is 2.19. The number of aryl methyl sites for hydroxylation is 2. The van der Waals surface area contributed by atoms with Gasteiger partial charge in [-0.15, -0.1) is 0 Å². The summed E-state index contributed by atoms with van der Waals surface area (Å²) in [5, 5.41) is 2.82. The molecule has 0 aliphatic carbocycles. The minimum atomic E-state index is -0.190. The van der Waals surface area contributed by atoms with Gasteiger partial charge in [-0.3, -0.25) is 4.79 Å². The molecule has 2 rings (SSSR count). The largest absolute Gasteiger partial charge is 0.494 e. The Morgan fingerprint density at radius 3 is 2.41 bits per heavy atom. The lowest BCUT2D eigenvalue weighted by Crippen LogP contribution is -2.20. The van der Waals surface area contributed by atoms with E-state index in [2.05, 4.69) is 5.32 Å². The zero-order valence-electron chi connectivity index (χ0n) is 13.2. The van der Waals surface area contributed by atoms with Crippen molar-refractivity contribution in [2.75, 3.05) is 18.5 Å². The molecule has 116 valence electrons. The SMILES string of the molecule is CCOc1cccc(OCC(=O)Nc2ccc(C)c(C)c2)c1. The number of amides is 1. The number of ether oxygens (including phenoxy) is 2. The van der Waals surface area contributed by atoms with E-state index in [9.17, 15) is 4.79 Å². The van der Waals surface area contributed by atoms with Crippen LogP contribution in [0.15, 0.2) is 42.5 Å². The van der Waals surface area contributed by atoms with Gasteiger partial charge in [0.05, 0.1) is 6.61 Å². The molecule has 2 aromatic carbocycles. The highest BCUT2D eigenvalue weighted by molar-refractivity contribution is 5.92. The highest BCUT2D eigenvalue weighted by Gasteiger charge is 2.05. The minimum Gasteiger partial charge on any atom is -0.494 e. The summed E-state index contributed by atoms with van der Waals surface area (Å²) in [6.45, 7) is 6.53. The normalized spacial score (nSPS) is 10.1. The summed E-state index contributed by atoms with van der Waals surface area (Å²) in [5.74, 6) is 1.15. The van der Waals surface area contributed by atoms with E-state index in [1.165, 1.54) is 5.56 Å². The molecule has 22 heavy (non-hydrogen) atoms. The number of carbonyl (C=O) groups is 1. The predicted molar refractivity (Wildman–Crippen MR) is 87.7 cm³/mol. The zero-order valence-corrected chi connectivity index (χ0v) is 13.2. The number of anilines is 1. The van der Waals surface area contributed by atoms with Gasteiger partial charge >= 0.3 is 0 Å². The van der Waals surface area contributed by atoms with Crippen LogP contribution in [0.4, 0.5) is 5.69 Å². The Morgan fingerprint density at radius 1 is 1.00 bits per heavy atom. The molecule has 0 heterocycles. The Bertz CT molecular complexity index is 653. The van der Waals surface area contributed by atoms with Crippen molar-refractivity contribution >= 4 is 11.6 Å². The fourth-order valence-electron chi connectivity index (χ4n) is 1.99. The van der Waals surface area contributed by atoms with Gasteiger partial charge in [-0.05, 0) is 56.2 Å². The molecule has 0 fully saturated rings. The van der Waals surface area contributed by atoms with Gasteiger partial charge in [-0.25, -0.2) is 0 Å². The molecule has 0 bridgehead atoms. The Balaban J connectivity index is 1.89. The molecular weight excluding hydrogens is 278 g/mol. The molecule has 0 saturated carbocycles. The van der Waals surface area contributed by atoms with Crippen LogP contribution in [-0.2, 0) is 4.79 Å². The maximum Gasteiger partial charge on any atom is 0.262 e. The second-order valence-electron chi connectivity index (χ2n) is 5.04. The Morgan fingerprint density at radius 2 is 1.73 bits per heavy atom. The van der Waals surface area contributed by atoms with E-state index in [1.807, 2.05) is 51.1 Å². The Hall–Kier alpha value is -2.49. The fraction of sp³-hybridized carbons (Fsp3) is 0.278. The number of hydrogen-bond donors (Lipinski definition) is 1. The summed E-state index contributed by atoms with van der Waals surface area (Å²) in [4.78, 5) is 11.9. The zero-order chi connectivity index (χ0) is 15.9. The van der Waals surface area contributed by atoms with Gasteiger partial charge < -0.3 is 14.8 Å². The van der Waals surface area contributed by atoms with Crippen molar-refractivity contribution in [2.24, 2.45) is 0 Å². The van der Waals surface area contributed by atoms with Crippen LogP contribution in [0.5, 0.6) is 11.5 Å². The highest BCUT2D eigenvalue weighted by atomic mass is 16.5. The Kier molecular flexibility index (Phi) is 5.42. The average molecular weight is 299 g/mol. The summed E-state index contributed by atoms with van der Waals surface area (Å²) in [6.07, 6.45) is 0. The molecule has 0 unspecified atom stereocenters. The van der Waals surface area contributed by atoms with E-state index in [-0.39, 0.29) is 12.5 Å². The van der Waals surface area contributed by atoms with Crippen LogP contribution in [0.1, 0.15) is 18.1 Å². The second kappa shape index (κ2) is 7.50. The van der Waals surface area contributed by atoms with Crippen LogP contribution in [0, 0.1) is 13.8 Å². The lowest BCUT2D eigenvalue weighted by atomic mass is 10.1. The molecule has 0 atom stereocenters. The van der Waals surface area contributed by atoms with Gasteiger partial charge in [0.25, 0.3) is 5.91 Å². The van der Waals surface area contributed by atoms with Crippen molar-refractivity contribution < 1.29 is 14.3 Å². The number of carbonyl (C=O) groups excluding carboxylic acids is 1. The van der Waals surface area contributed by atoms with E-state index in [0.717, 1.165) is 17.0 Å². The topological polar surface area (TPSA) is 47.6 Å². The van der Waals surface area contributed by atoms with Crippen LogP contribution in [0.25, 0.3) is 0 Å². The van der Waals surface area contributed by atoms with Crippen LogP contribution in [0.2, 0.25) is 0 Å². The monoisotopic (exact) mass is 299 g/mol. The smallest absolute Gasteiger partial charge is 0.262 e. The molecule has 0 aliphatic heterocycles. The molecule has 4 nitrogen and oxygen atoms in total. The van der Waals surface area contributed by atoms with E-state index < -0.39 is 0 Å². The molecule has 4 heteroatoms. The van der Waals surface area contributed by atoms with Gasteiger partial charge in [0.1, 0.15) is 11.5 Å². The van der Waals surface area contributed by atoms with Crippen molar-refractivity contribution in [2.45, 2.75) is 20.8 Å². The molecule has 1 N–H and O–H groups in total. The average Bonchev–Trinajstić information content (AvgIpc) is 2.50. The van der Waals surface area contributed by atoms with Gasteiger partial charge in [0.2, 0.25) is 0 Å². The molecule has 1 amide bonds. The summed E-state index contributed by atoms with van der Waals surface area (Å²) >= 11 is 0. The molecule has 0 saturated heterocycles. The van der Waals surface area contributed by atoms with Crippen molar-refractivity contribution in [1.29, 1.82) is 0 Å². The van der Waals surface area contributed by atoms with Crippen LogP contribution >= 0.6 is 0 Å². The third-order valence-corrected chi connectivity index (χ3v) is 3.28. The van der Waals surface area contributed by atoms with Crippen LogP contribution < -0.4 is 14.8 Å². The number of benzene rings is 2. The van der Waals surface area contributed by atoms with Gasteiger partial charge in [-0.2, -0.15) is 0 Å². The summed E-state index contributed by atoms with van der Waals surface area (Å²) in [5.41, 5.74) is 3.12. The lowest BCUT2D eigenvalue weighted by molar-refractivity contribution is -0.118. The molecule has 0 spiro atoms. The van der Waals surface area contributed by atoms with Crippen LogP contribution in [0.3, 0.4) is 0 Å². The summed E-state index contributed by atoms with van der Waals surface area (Å²) in [7, 11) is 0. The Labute approximate surface area is 131 Å². The third kappa shape index (κ3) is 4.52. The number of hydrogen-bond acceptors (Lipinski definition) is 3. The molecular formula is C18H21NO3. The van der Waals surface area contributed by atoms with Gasteiger partial charge in [-0.1, -0.05) is 12.1 Å². The predicted octanol–water partition coefficient (Wildman–Crippen LogP) is 3.72. The van der Waals surface area contributed by atoms with Crippen molar-refractivity contribution in [1.82, 2.24) is 0 Å². The third-order valence-electron chi connectivity index (χ3n) is 3.28. The van der Waals surface area contributed by atoms with E-state index in [4.69, 9.17) is 9.47 Å². The molecule has 0 aromatic heterocycles. The second-order valence-corrected chi connectivity index (χ2v) is 5.04. The van der Waals surface area contributed by atoms with Crippen LogP contribution in [-0.4, -0.2) is 19.1 Å². The van der Waals surface area contributed by atoms with Crippen molar-refractivity contribution in [3.8, 4) is 11.5 Å². The van der Waals surface area contributed by atoms with E-state index in [1.54, 1.807) is 12.1 Å². The van der Waals surface area contributed by atoms with E-state index in [0.29, 0.717) is 12.4 Å². The maximum absolute atomic E-state index is 11.9. The summed E-state index contributed by atoms with van der Waals surface area (Å²) < 4.78 is 10.9. The first-order valence-electron chi connectivity index (χ1n) is 7.31. The molecule has 0 radical (unpaired) electrons. The van der Waals surface area contributed by atoms with Crippen molar-refractivity contribution in [3.05, 3.63) is 53.6 Å². The first-order valence-corrected chi connectivity index (χ1v) is 7.31. The lowest BCUT2D eigenvalue weighted by Gasteiger charge is -2.10. The molecule has 2 aromatic rings. The first kappa shape index (κ1) is 15.9. The number of rotatable bonds is 6. The maximum atomic E-state index is 11.9. The minimum absolute atomic E-state index is 0.0392. The standard InChI is InChI=1S/C18H21NO3/c1-4-21-16-6-5-7-17(11-16)22-12-18(20)19-15-9-8-13(2)14(3)10-15/h5-11H,4,12H2,1-3H3,(H,19,20). The van der Waals surface area contributed by atoms with E-state index >= 15 is 0 Å². The van der Waals surface area contributed by atoms with Gasteiger partial charge in [0.15, 0.2) is 6.61 Å². The van der Waals surface area contributed by atoms with Gasteiger partial charge in [0, 0.05) is 11.8 Å². The van der Waals surface area contributed by atoms with Crippen molar-refractivity contribution in [3.63, 3.8) is 0 Å².